The average Bonchev–Trinajstić information content (AvgIpc) is 2.76. The van der Waals surface area contributed by atoms with Crippen LogP contribution in [0.25, 0.3) is 0 Å². The highest BCUT2D eigenvalue weighted by molar-refractivity contribution is 5.50. The molecule has 0 aromatic heterocycles. The normalized spacial score (nSPS) is 10.4. The monoisotopic (exact) mass is 397 g/mol. The molecule has 2 rings (SSSR count). The van der Waals surface area contributed by atoms with E-state index in [2.05, 4.69) is 20.1 Å². The lowest BCUT2D eigenvalue weighted by Gasteiger charge is -2.09. The van der Waals surface area contributed by atoms with Crippen LogP contribution in [-0.4, -0.2) is 25.5 Å². The van der Waals surface area contributed by atoms with Gasteiger partial charge in [-0.25, -0.2) is 0 Å². The van der Waals surface area contributed by atoms with Crippen LogP contribution in [0.1, 0.15) is 30.9 Å². The van der Waals surface area contributed by atoms with Gasteiger partial charge in [0.05, 0.1) is 19.8 Å². The molecule has 1 unspecified atom stereocenters. The average molecular weight is 398 g/mol. The Kier molecular flexibility index (Phi) is 18.4. The quantitative estimate of drug-likeness (QED) is 0.326. The van der Waals surface area contributed by atoms with E-state index in [1.807, 2.05) is 72.8 Å². The second-order valence-electron chi connectivity index (χ2n) is 6.15. The van der Waals surface area contributed by atoms with Gasteiger partial charge >= 0.3 is 0 Å². The predicted molar refractivity (Wildman–Crippen MR) is 122 cm³/mol. The molecule has 1 atom stereocenters. The van der Waals surface area contributed by atoms with Crippen molar-refractivity contribution in [2.75, 3.05) is 13.2 Å². The van der Waals surface area contributed by atoms with Gasteiger partial charge in [0.25, 0.3) is 0 Å². The van der Waals surface area contributed by atoms with Crippen LogP contribution in [0.5, 0.6) is 0 Å². The molecule has 0 fully saturated rings. The number of carbonyl (C=O) groups excluding carboxylic acids is 1. The minimum atomic E-state index is 0.0659. The first-order valence-corrected chi connectivity index (χ1v) is 9.82. The molecule has 0 aliphatic carbocycles. The van der Waals surface area contributed by atoms with Gasteiger partial charge in [-0.15, -0.1) is 13.2 Å². The molecule has 0 saturated heterocycles. The second kappa shape index (κ2) is 20.2. The lowest BCUT2D eigenvalue weighted by atomic mass is 10.2. The number of hydrogen-bond acceptors (Lipinski definition) is 4. The van der Waals surface area contributed by atoms with Crippen LogP contribution < -0.4 is 5.73 Å². The van der Waals surface area contributed by atoms with Crippen molar-refractivity contribution < 1.29 is 14.3 Å². The van der Waals surface area contributed by atoms with Crippen molar-refractivity contribution >= 4 is 6.29 Å². The summed E-state index contributed by atoms with van der Waals surface area (Å²) in [6.07, 6.45) is 6.33. The topological polar surface area (TPSA) is 61.5 Å². The van der Waals surface area contributed by atoms with Crippen LogP contribution in [-0.2, 0) is 27.5 Å². The van der Waals surface area contributed by atoms with Crippen LogP contribution in [0.4, 0.5) is 0 Å². The number of ether oxygens (including phenoxy) is 2. The standard InChI is InChI=1S/C12H17NO.C9H10O2.C4H8/c1-2-6-12(13)10-14-9-11-7-4-3-5-8-11;10-6-7-11-8-9-4-2-1-3-5-9;1-3-4-2/h2-5,7-8,12H,1,6,9-10,13H2;1-6H,7-8H2;3H,1,4H2,2H3. The number of carbonyl (C=O) groups is 1. The molecule has 0 bridgehead atoms. The van der Waals surface area contributed by atoms with E-state index in [9.17, 15) is 4.79 Å². The lowest BCUT2D eigenvalue weighted by Crippen LogP contribution is -2.25. The minimum Gasteiger partial charge on any atom is -0.375 e. The summed E-state index contributed by atoms with van der Waals surface area (Å²) in [7, 11) is 0. The Labute approximate surface area is 176 Å². The molecule has 0 spiro atoms. The highest BCUT2D eigenvalue weighted by Gasteiger charge is 1.99. The van der Waals surface area contributed by atoms with Gasteiger partial charge in [0.2, 0.25) is 0 Å². The minimum absolute atomic E-state index is 0.0659. The Morgan fingerprint density at radius 2 is 1.38 bits per heavy atom. The molecular formula is C25H35NO3. The highest BCUT2D eigenvalue weighted by Crippen LogP contribution is 2.01. The third-order valence-corrected chi connectivity index (χ3v) is 3.50. The summed E-state index contributed by atoms with van der Waals surface area (Å²) in [5, 5.41) is 0. The van der Waals surface area contributed by atoms with Crippen molar-refractivity contribution in [2.45, 2.75) is 39.0 Å². The van der Waals surface area contributed by atoms with Crippen LogP contribution in [0.3, 0.4) is 0 Å². The maximum atomic E-state index is 9.87. The fourth-order valence-corrected chi connectivity index (χ4v) is 1.98. The van der Waals surface area contributed by atoms with Crippen molar-refractivity contribution in [1.29, 1.82) is 0 Å². The Morgan fingerprint density at radius 3 is 1.79 bits per heavy atom. The van der Waals surface area contributed by atoms with Crippen LogP contribution >= 0.6 is 0 Å². The smallest absolute Gasteiger partial charge is 0.145 e. The molecule has 2 aromatic carbocycles. The first-order valence-electron chi connectivity index (χ1n) is 9.82. The van der Waals surface area contributed by atoms with E-state index in [4.69, 9.17) is 15.2 Å². The van der Waals surface area contributed by atoms with E-state index >= 15 is 0 Å². The number of allylic oxidation sites excluding steroid dienone is 1. The molecule has 4 nitrogen and oxygen atoms in total. The van der Waals surface area contributed by atoms with Gasteiger partial charge in [-0.3, -0.25) is 0 Å². The van der Waals surface area contributed by atoms with E-state index in [0.717, 1.165) is 24.7 Å². The first kappa shape index (κ1) is 26.5. The Hall–Kier alpha value is -2.53. The number of benzene rings is 2. The SMILES string of the molecule is C=CCC.C=CCC(N)COCc1ccccc1.O=CCOCc1ccccc1. The number of aldehydes is 1. The molecule has 0 heterocycles. The third-order valence-electron chi connectivity index (χ3n) is 3.50. The van der Waals surface area contributed by atoms with E-state index < -0.39 is 0 Å². The van der Waals surface area contributed by atoms with Crippen molar-refractivity contribution in [1.82, 2.24) is 0 Å². The van der Waals surface area contributed by atoms with Gasteiger partial charge in [-0.05, 0) is 24.0 Å². The molecule has 2 N–H and O–H groups in total. The summed E-state index contributed by atoms with van der Waals surface area (Å²) in [4.78, 5) is 9.87. The zero-order chi connectivity index (χ0) is 21.6. The van der Waals surface area contributed by atoms with Crippen molar-refractivity contribution in [3.63, 3.8) is 0 Å². The summed E-state index contributed by atoms with van der Waals surface area (Å²) in [5.74, 6) is 0. The molecular weight excluding hydrogens is 362 g/mol. The van der Waals surface area contributed by atoms with Gasteiger partial charge in [0.15, 0.2) is 0 Å². The predicted octanol–water partition coefficient (Wildman–Crippen LogP) is 5.09. The molecule has 158 valence electrons. The summed E-state index contributed by atoms with van der Waals surface area (Å²) >= 11 is 0. The number of nitrogens with two attached hydrogens (primary N) is 1. The molecule has 0 aliphatic heterocycles. The summed E-state index contributed by atoms with van der Waals surface area (Å²) in [5.41, 5.74) is 8.02. The van der Waals surface area contributed by atoms with E-state index in [1.54, 1.807) is 0 Å². The van der Waals surface area contributed by atoms with E-state index in [0.29, 0.717) is 19.8 Å². The Balaban J connectivity index is 0.000000466. The molecule has 0 saturated carbocycles. The molecule has 0 amide bonds. The third kappa shape index (κ3) is 17.3. The van der Waals surface area contributed by atoms with Gasteiger partial charge in [0.1, 0.15) is 12.9 Å². The maximum absolute atomic E-state index is 9.87. The Bertz CT molecular complexity index is 629. The van der Waals surface area contributed by atoms with Gasteiger partial charge in [-0.2, -0.15) is 0 Å². The van der Waals surface area contributed by atoms with Crippen LogP contribution in [0, 0.1) is 0 Å². The fraction of sp³-hybridized carbons (Fsp3) is 0.320. The summed E-state index contributed by atoms with van der Waals surface area (Å²) < 4.78 is 10.5. The van der Waals surface area contributed by atoms with Crippen LogP contribution in [0.15, 0.2) is 86.0 Å². The number of hydrogen-bond donors (Lipinski definition) is 1. The van der Waals surface area contributed by atoms with Gasteiger partial charge in [0, 0.05) is 6.04 Å². The Morgan fingerprint density at radius 1 is 0.897 bits per heavy atom. The van der Waals surface area contributed by atoms with Crippen molar-refractivity contribution in [3.8, 4) is 0 Å². The molecule has 4 heteroatoms. The molecule has 29 heavy (non-hydrogen) atoms. The summed E-state index contributed by atoms with van der Waals surface area (Å²) in [6.45, 7) is 11.1. The fourth-order valence-electron chi connectivity index (χ4n) is 1.98. The highest BCUT2D eigenvalue weighted by atomic mass is 16.5. The maximum Gasteiger partial charge on any atom is 0.145 e. The molecule has 0 radical (unpaired) electrons. The van der Waals surface area contributed by atoms with Gasteiger partial charge < -0.3 is 20.0 Å². The van der Waals surface area contributed by atoms with E-state index in [-0.39, 0.29) is 12.6 Å². The van der Waals surface area contributed by atoms with Crippen molar-refractivity contribution in [3.05, 3.63) is 97.1 Å². The van der Waals surface area contributed by atoms with E-state index in [1.165, 1.54) is 5.56 Å². The zero-order valence-electron chi connectivity index (χ0n) is 17.5. The lowest BCUT2D eigenvalue weighted by molar-refractivity contribution is -0.112. The largest absolute Gasteiger partial charge is 0.375 e. The summed E-state index contributed by atoms with van der Waals surface area (Å²) in [6, 6.07) is 19.9. The molecule has 2 aromatic rings. The number of rotatable bonds is 11. The van der Waals surface area contributed by atoms with Crippen LogP contribution in [0.2, 0.25) is 0 Å². The zero-order valence-corrected chi connectivity index (χ0v) is 17.5. The second-order valence-corrected chi connectivity index (χ2v) is 6.15. The first-order chi connectivity index (χ1) is 14.2. The molecule has 0 aliphatic rings. The van der Waals surface area contributed by atoms with Crippen molar-refractivity contribution in [2.24, 2.45) is 5.73 Å². The van der Waals surface area contributed by atoms with Gasteiger partial charge in [-0.1, -0.05) is 79.7 Å².